The summed E-state index contributed by atoms with van der Waals surface area (Å²) in [5, 5.41) is 6.05. The summed E-state index contributed by atoms with van der Waals surface area (Å²) in [6.45, 7) is 0.545. The first-order chi connectivity index (χ1) is 9.24. The van der Waals surface area contributed by atoms with Crippen molar-refractivity contribution in [3.8, 4) is 0 Å². The minimum atomic E-state index is -0.235. The van der Waals surface area contributed by atoms with Crippen LogP contribution in [0.25, 0.3) is 0 Å². The van der Waals surface area contributed by atoms with Gasteiger partial charge in [-0.2, -0.15) is 0 Å². The molecule has 1 unspecified atom stereocenters. The average molecular weight is 296 g/mol. The highest BCUT2D eigenvalue weighted by Gasteiger charge is 2.20. The topological polar surface area (TPSA) is 12.0 Å². The van der Waals surface area contributed by atoms with E-state index >= 15 is 0 Å². The highest BCUT2D eigenvalue weighted by Crippen LogP contribution is 2.33. The van der Waals surface area contributed by atoms with E-state index in [-0.39, 0.29) is 5.82 Å². The van der Waals surface area contributed by atoms with Crippen LogP contribution in [0.2, 0.25) is 5.02 Å². The van der Waals surface area contributed by atoms with Crippen molar-refractivity contribution in [2.24, 2.45) is 0 Å². The largest absolute Gasteiger partial charge is 0.306 e. The smallest absolute Gasteiger partial charge is 0.129 e. The maximum atomic E-state index is 13.7. The SMILES string of the molecule is Fc1cc(Cl)ccc1CNC1CCCc2sccc21. The van der Waals surface area contributed by atoms with Gasteiger partial charge in [0, 0.05) is 28.0 Å². The van der Waals surface area contributed by atoms with Crippen molar-refractivity contribution in [2.45, 2.75) is 31.8 Å². The third-order valence-corrected chi connectivity index (χ3v) is 4.84. The normalized spacial score (nSPS) is 18.3. The lowest BCUT2D eigenvalue weighted by Gasteiger charge is -2.24. The van der Waals surface area contributed by atoms with Gasteiger partial charge in [-0.25, -0.2) is 4.39 Å². The lowest BCUT2D eigenvalue weighted by Crippen LogP contribution is -2.24. The molecule has 1 aromatic carbocycles. The Labute approximate surface area is 121 Å². The molecule has 1 nitrogen and oxygen atoms in total. The number of aryl methyl sites for hydroxylation is 1. The lowest BCUT2D eigenvalue weighted by atomic mass is 9.94. The molecule has 1 aliphatic carbocycles. The van der Waals surface area contributed by atoms with Gasteiger partial charge < -0.3 is 5.32 Å². The van der Waals surface area contributed by atoms with Gasteiger partial charge in [0.25, 0.3) is 0 Å². The molecule has 100 valence electrons. The number of halogens is 2. The summed E-state index contributed by atoms with van der Waals surface area (Å²) in [5.41, 5.74) is 2.07. The van der Waals surface area contributed by atoms with Crippen molar-refractivity contribution < 1.29 is 4.39 Å². The Morgan fingerprint density at radius 3 is 3.11 bits per heavy atom. The van der Waals surface area contributed by atoms with Crippen molar-refractivity contribution >= 4 is 22.9 Å². The Morgan fingerprint density at radius 2 is 2.26 bits per heavy atom. The Balaban J connectivity index is 1.71. The fourth-order valence-electron chi connectivity index (χ4n) is 2.60. The van der Waals surface area contributed by atoms with Gasteiger partial charge in [-0.05, 0) is 48.4 Å². The van der Waals surface area contributed by atoms with Crippen LogP contribution in [0, 0.1) is 5.82 Å². The standard InChI is InChI=1S/C15H15ClFNS/c16-11-5-4-10(13(17)8-11)9-18-14-2-1-3-15-12(14)6-7-19-15/h4-8,14,18H,1-3,9H2. The van der Waals surface area contributed by atoms with Gasteiger partial charge in [-0.3, -0.25) is 0 Å². The number of thiophene rings is 1. The second-order valence-electron chi connectivity index (χ2n) is 4.86. The van der Waals surface area contributed by atoms with Crippen LogP contribution in [-0.2, 0) is 13.0 Å². The summed E-state index contributed by atoms with van der Waals surface area (Å²) < 4.78 is 13.7. The van der Waals surface area contributed by atoms with Gasteiger partial charge in [0.15, 0.2) is 0 Å². The average Bonchev–Trinajstić information content (AvgIpc) is 2.86. The van der Waals surface area contributed by atoms with Crippen LogP contribution in [-0.4, -0.2) is 0 Å². The fourth-order valence-corrected chi connectivity index (χ4v) is 3.74. The third-order valence-electron chi connectivity index (χ3n) is 3.61. The number of hydrogen-bond acceptors (Lipinski definition) is 2. The van der Waals surface area contributed by atoms with E-state index in [1.807, 2.05) is 11.3 Å². The zero-order valence-corrected chi connectivity index (χ0v) is 12.0. The molecule has 19 heavy (non-hydrogen) atoms. The maximum Gasteiger partial charge on any atom is 0.129 e. The lowest BCUT2D eigenvalue weighted by molar-refractivity contribution is 0.456. The Kier molecular flexibility index (Phi) is 3.87. The molecule has 2 aromatic rings. The van der Waals surface area contributed by atoms with Crippen molar-refractivity contribution in [3.05, 3.63) is 56.5 Å². The van der Waals surface area contributed by atoms with Gasteiger partial charge in [0.2, 0.25) is 0 Å². The van der Waals surface area contributed by atoms with E-state index < -0.39 is 0 Å². The summed E-state index contributed by atoms with van der Waals surface area (Å²) in [6.07, 6.45) is 3.51. The molecule has 1 N–H and O–H groups in total. The Bertz CT molecular complexity index is 581. The predicted molar refractivity (Wildman–Crippen MR) is 78.2 cm³/mol. The molecular weight excluding hydrogens is 281 g/mol. The van der Waals surface area contributed by atoms with Crippen LogP contribution in [0.4, 0.5) is 4.39 Å². The van der Waals surface area contributed by atoms with Crippen LogP contribution in [0.3, 0.4) is 0 Å². The highest BCUT2D eigenvalue weighted by molar-refractivity contribution is 7.10. The first-order valence-electron chi connectivity index (χ1n) is 6.47. The zero-order chi connectivity index (χ0) is 13.2. The highest BCUT2D eigenvalue weighted by atomic mass is 35.5. The van der Waals surface area contributed by atoms with E-state index in [0.29, 0.717) is 23.2 Å². The molecule has 1 heterocycles. The van der Waals surface area contributed by atoms with Crippen LogP contribution in [0.1, 0.15) is 34.9 Å². The molecule has 0 spiro atoms. The number of hydrogen-bond donors (Lipinski definition) is 1. The van der Waals surface area contributed by atoms with Gasteiger partial charge in [0.1, 0.15) is 5.82 Å². The number of rotatable bonds is 3. The molecule has 1 atom stereocenters. The molecule has 0 radical (unpaired) electrons. The van der Waals surface area contributed by atoms with E-state index in [0.717, 1.165) is 6.42 Å². The summed E-state index contributed by atoms with van der Waals surface area (Å²) in [7, 11) is 0. The first kappa shape index (κ1) is 13.1. The van der Waals surface area contributed by atoms with E-state index in [2.05, 4.69) is 16.8 Å². The van der Waals surface area contributed by atoms with Crippen molar-refractivity contribution in [1.29, 1.82) is 0 Å². The van der Waals surface area contributed by atoms with Crippen molar-refractivity contribution in [3.63, 3.8) is 0 Å². The van der Waals surface area contributed by atoms with Gasteiger partial charge in [-0.15, -0.1) is 11.3 Å². The van der Waals surface area contributed by atoms with Crippen molar-refractivity contribution in [2.75, 3.05) is 0 Å². The van der Waals surface area contributed by atoms with Crippen molar-refractivity contribution in [1.82, 2.24) is 5.32 Å². The van der Waals surface area contributed by atoms with E-state index in [1.54, 1.807) is 12.1 Å². The van der Waals surface area contributed by atoms with E-state index in [1.165, 1.54) is 29.3 Å². The number of fused-ring (bicyclic) bond motifs is 1. The van der Waals surface area contributed by atoms with Gasteiger partial charge in [-0.1, -0.05) is 17.7 Å². The van der Waals surface area contributed by atoms with Gasteiger partial charge in [0.05, 0.1) is 0 Å². The molecule has 0 saturated carbocycles. The van der Waals surface area contributed by atoms with Crippen LogP contribution >= 0.6 is 22.9 Å². The summed E-state index contributed by atoms with van der Waals surface area (Å²) in [4.78, 5) is 1.47. The molecular formula is C15H15ClFNS. The van der Waals surface area contributed by atoms with Crippen LogP contribution in [0.15, 0.2) is 29.6 Å². The first-order valence-corrected chi connectivity index (χ1v) is 7.73. The molecule has 0 fully saturated rings. The molecule has 0 aliphatic heterocycles. The third kappa shape index (κ3) is 2.83. The monoisotopic (exact) mass is 295 g/mol. The van der Waals surface area contributed by atoms with Crippen LogP contribution < -0.4 is 5.32 Å². The Hall–Kier alpha value is -0.900. The van der Waals surface area contributed by atoms with E-state index in [9.17, 15) is 4.39 Å². The van der Waals surface area contributed by atoms with Gasteiger partial charge >= 0.3 is 0 Å². The molecule has 1 aromatic heterocycles. The molecule has 3 rings (SSSR count). The summed E-state index contributed by atoms with van der Waals surface area (Å²) in [5.74, 6) is -0.235. The Morgan fingerprint density at radius 1 is 1.37 bits per heavy atom. The number of nitrogens with one attached hydrogen (secondary N) is 1. The molecule has 0 saturated heterocycles. The second kappa shape index (κ2) is 5.61. The predicted octanol–water partition coefficient (Wildman–Crippen LogP) is 4.71. The molecule has 1 aliphatic rings. The molecule has 0 amide bonds. The second-order valence-corrected chi connectivity index (χ2v) is 6.30. The minimum absolute atomic E-state index is 0.235. The quantitative estimate of drug-likeness (QED) is 0.865. The van der Waals surface area contributed by atoms with Crippen LogP contribution in [0.5, 0.6) is 0 Å². The summed E-state index contributed by atoms with van der Waals surface area (Å²) >= 11 is 7.58. The molecule has 4 heteroatoms. The number of benzene rings is 1. The maximum absolute atomic E-state index is 13.7. The zero-order valence-electron chi connectivity index (χ0n) is 10.5. The fraction of sp³-hybridized carbons (Fsp3) is 0.333. The summed E-state index contributed by atoms with van der Waals surface area (Å²) in [6, 6.07) is 7.40. The van der Waals surface area contributed by atoms with E-state index in [4.69, 9.17) is 11.6 Å². The molecule has 0 bridgehead atoms. The minimum Gasteiger partial charge on any atom is -0.306 e.